The molecule has 1 fully saturated rings. The summed E-state index contributed by atoms with van der Waals surface area (Å²) in [6, 6.07) is 6.99. The Kier molecular flexibility index (Phi) is 6.96. The number of carbonyl (C=O) groups is 2. The molecule has 1 heterocycles. The van der Waals surface area contributed by atoms with Gasteiger partial charge in [-0.15, -0.1) is 0 Å². The van der Waals surface area contributed by atoms with E-state index < -0.39 is 6.10 Å². The third kappa shape index (κ3) is 5.54. The van der Waals surface area contributed by atoms with Crippen LogP contribution in [0.1, 0.15) is 39.2 Å². The summed E-state index contributed by atoms with van der Waals surface area (Å²) in [5.74, 6) is -0.0491. The van der Waals surface area contributed by atoms with Crippen molar-refractivity contribution in [3.05, 3.63) is 29.8 Å². The number of amides is 2. The van der Waals surface area contributed by atoms with E-state index in [2.05, 4.69) is 10.6 Å². The van der Waals surface area contributed by atoms with Crippen LogP contribution in [0.3, 0.4) is 0 Å². The monoisotopic (exact) mass is 348 g/mol. The number of nitrogens with one attached hydrogen (secondary N) is 2. The summed E-state index contributed by atoms with van der Waals surface area (Å²) in [7, 11) is 0. The fourth-order valence-corrected chi connectivity index (χ4v) is 3.07. The van der Waals surface area contributed by atoms with E-state index >= 15 is 0 Å². The molecule has 1 saturated heterocycles. The molecule has 4 atom stereocenters. The van der Waals surface area contributed by atoms with Gasteiger partial charge in [0.1, 0.15) is 6.10 Å². The molecular formula is C19H28N2O4. The number of aliphatic hydroxyl groups is 1. The van der Waals surface area contributed by atoms with Crippen LogP contribution in [0, 0.1) is 5.92 Å². The zero-order valence-electron chi connectivity index (χ0n) is 15.1. The van der Waals surface area contributed by atoms with Gasteiger partial charge in [-0.2, -0.15) is 0 Å². The molecule has 0 aromatic heterocycles. The van der Waals surface area contributed by atoms with E-state index in [-0.39, 0.29) is 42.9 Å². The van der Waals surface area contributed by atoms with Crippen molar-refractivity contribution >= 4 is 17.5 Å². The lowest BCUT2D eigenvalue weighted by Crippen LogP contribution is -2.37. The quantitative estimate of drug-likeness (QED) is 0.702. The van der Waals surface area contributed by atoms with Crippen molar-refractivity contribution in [2.24, 2.45) is 5.92 Å². The first-order valence-electron chi connectivity index (χ1n) is 8.88. The minimum atomic E-state index is -0.412. The molecule has 4 unspecified atom stereocenters. The average molecular weight is 348 g/mol. The van der Waals surface area contributed by atoms with Gasteiger partial charge in [-0.05, 0) is 43.4 Å². The van der Waals surface area contributed by atoms with E-state index in [0.717, 1.165) is 12.0 Å². The summed E-state index contributed by atoms with van der Waals surface area (Å²) in [5.41, 5.74) is 1.54. The maximum Gasteiger partial charge on any atom is 0.253 e. The molecule has 1 aliphatic heterocycles. The van der Waals surface area contributed by atoms with Gasteiger partial charge in [0, 0.05) is 5.69 Å². The molecule has 0 bridgehead atoms. The van der Waals surface area contributed by atoms with Gasteiger partial charge in [-0.3, -0.25) is 9.59 Å². The topological polar surface area (TPSA) is 87.7 Å². The highest BCUT2D eigenvalue weighted by Crippen LogP contribution is 2.26. The van der Waals surface area contributed by atoms with E-state index in [4.69, 9.17) is 9.84 Å². The molecular weight excluding hydrogens is 320 g/mol. The van der Waals surface area contributed by atoms with Crippen molar-refractivity contribution < 1.29 is 19.4 Å². The van der Waals surface area contributed by atoms with Gasteiger partial charge in [0.05, 0.1) is 25.2 Å². The molecule has 2 rings (SSSR count). The SMILES string of the molecule is CCC(CO)NC(=O)Cc1ccc(NC(=O)C2OC(C)CC2C)cc1. The third-order valence-corrected chi connectivity index (χ3v) is 4.52. The molecule has 1 aromatic rings. The maximum atomic E-state index is 12.3. The second-order valence-electron chi connectivity index (χ2n) is 6.80. The molecule has 138 valence electrons. The number of ether oxygens (including phenoxy) is 1. The number of hydrogen-bond acceptors (Lipinski definition) is 4. The van der Waals surface area contributed by atoms with Gasteiger partial charge in [-0.25, -0.2) is 0 Å². The van der Waals surface area contributed by atoms with Crippen molar-refractivity contribution in [1.29, 1.82) is 0 Å². The first kappa shape index (κ1) is 19.4. The number of aliphatic hydroxyl groups excluding tert-OH is 1. The third-order valence-electron chi connectivity index (χ3n) is 4.52. The van der Waals surface area contributed by atoms with Crippen LogP contribution in [0.15, 0.2) is 24.3 Å². The highest BCUT2D eigenvalue weighted by atomic mass is 16.5. The molecule has 25 heavy (non-hydrogen) atoms. The molecule has 1 aliphatic rings. The molecule has 0 saturated carbocycles. The normalized spacial score (nSPS) is 23.9. The number of benzene rings is 1. The Bertz CT molecular complexity index is 584. The van der Waals surface area contributed by atoms with Crippen molar-refractivity contribution in [1.82, 2.24) is 5.32 Å². The Labute approximate surface area is 149 Å². The van der Waals surface area contributed by atoms with E-state index in [1.165, 1.54) is 0 Å². The van der Waals surface area contributed by atoms with Crippen LogP contribution in [-0.4, -0.2) is 41.8 Å². The van der Waals surface area contributed by atoms with Crippen molar-refractivity contribution in [2.75, 3.05) is 11.9 Å². The number of rotatable bonds is 7. The van der Waals surface area contributed by atoms with E-state index in [1.54, 1.807) is 12.1 Å². The lowest BCUT2D eigenvalue weighted by atomic mass is 10.0. The van der Waals surface area contributed by atoms with Crippen LogP contribution in [0.5, 0.6) is 0 Å². The predicted molar refractivity (Wildman–Crippen MR) is 96.2 cm³/mol. The molecule has 0 aliphatic carbocycles. The summed E-state index contributed by atoms with van der Waals surface area (Å²) in [5, 5.41) is 14.8. The fraction of sp³-hybridized carbons (Fsp3) is 0.579. The summed E-state index contributed by atoms with van der Waals surface area (Å²) in [4.78, 5) is 24.2. The molecule has 2 amide bonds. The second kappa shape index (κ2) is 8.97. The zero-order valence-corrected chi connectivity index (χ0v) is 15.1. The Morgan fingerprint density at radius 1 is 1.28 bits per heavy atom. The van der Waals surface area contributed by atoms with Gasteiger partial charge < -0.3 is 20.5 Å². The van der Waals surface area contributed by atoms with Crippen molar-refractivity contribution in [3.8, 4) is 0 Å². The van der Waals surface area contributed by atoms with Crippen LogP contribution < -0.4 is 10.6 Å². The molecule has 6 heteroatoms. The standard InChI is InChI=1S/C19H28N2O4/c1-4-15(11-22)20-17(23)10-14-5-7-16(8-6-14)21-19(24)18-12(2)9-13(3)25-18/h5-8,12-13,15,18,22H,4,9-11H2,1-3H3,(H,20,23)(H,21,24). The predicted octanol–water partition coefficient (Wildman–Crippen LogP) is 1.87. The van der Waals surface area contributed by atoms with Crippen LogP contribution in [0.2, 0.25) is 0 Å². The van der Waals surface area contributed by atoms with E-state index in [9.17, 15) is 9.59 Å². The Morgan fingerprint density at radius 2 is 1.96 bits per heavy atom. The minimum Gasteiger partial charge on any atom is -0.394 e. The van der Waals surface area contributed by atoms with Gasteiger partial charge >= 0.3 is 0 Å². The van der Waals surface area contributed by atoms with Crippen molar-refractivity contribution in [3.63, 3.8) is 0 Å². The smallest absolute Gasteiger partial charge is 0.253 e. The zero-order chi connectivity index (χ0) is 18.4. The first-order chi connectivity index (χ1) is 11.9. The molecule has 1 aromatic carbocycles. The average Bonchev–Trinajstić information content (AvgIpc) is 2.93. The maximum absolute atomic E-state index is 12.3. The van der Waals surface area contributed by atoms with E-state index in [1.807, 2.05) is 32.9 Å². The Hall–Kier alpha value is -1.92. The number of anilines is 1. The minimum absolute atomic E-state index is 0.0620. The van der Waals surface area contributed by atoms with Crippen LogP contribution in [0.25, 0.3) is 0 Å². The number of carbonyl (C=O) groups excluding carboxylic acids is 2. The summed E-state index contributed by atoms with van der Waals surface area (Å²) in [6.07, 6.45) is 1.51. The van der Waals surface area contributed by atoms with Crippen LogP contribution >= 0.6 is 0 Å². The lowest BCUT2D eigenvalue weighted by Gasteiger charge is -2.15. The molecule has 3 N–H and O–H groups in total. The lowest BCUT2D eigenvalue weighted by molar-refractivity contribution is -0.127. The van der Waals surface area contributed by atoms with Crippen LogP contribution in [-0.2, 0) is 20.7 Å². The van der Waals surface area contributed by atoms with Crippen molar-refractivity contribution in [2.45, 2.75) is 58.3 Å². The fourth-order valence-electron chi connectivity index (χ4n) is 3.07. The largest absolute Gasteiger partial charge is 0.394 e. The summed E-state index contributed by atoms with van der Waals surface area (Å²) >= 11 is 0. The van der Waals surface area contributed by atoms with Gasteiger partial charge in [0.15, 0.2) is 0 Å². The Balaban J connectivity index is 1.87. The summed E-state index contributed by atoms with van der Waals surface area (Å²) in [6.45, 7) is 5.84. The van der Waals surface area contributed by atoms with E-state index in [0.29, 0.717) is 12.1 Å². The number of hydrogen-bond donors (Lipinski definition) is 3. The first-order valence-corrected chi connectivity index (χ1v) is 8.88. The highest BCUT2D eigenvalue weighted by Gasteiger charge is 2.34. The molecule has 0 radical (unpaired) electrons. The van der Waals surface area contributed by atoms with Gasteiger partial charge in [0.2, 0.25) is 5.91 Å². The second-order valence-corrected chi connectivity index (χ2v) is 6.80. The van der Waals surface area contributed by atoms with Gasteiger partial charge in [0.25, 0.3) is 5.91 Å². The Morgan fingerprint density at radius 3 is 2.48 bits per heavy atom. The van der Waals surface area contributed by atoms with Gasteiger partial charge in [-0.1, -0.05) is 26.0 Å². The highest BCUT2D eigenvalue weighted by molar-refractivity contribution is 5.94. The molecule has 0 spiro atoms. The van der Waals surface area contributed by atoms with Crippen LogP contribution in [0.4, 0.5) is 5.69 Å². The molecule has 6 nitrogen and oxygen atoms in total. The summed E-state index contributed by atoms with van der Waals surface area (Å²) < 4.78 is 5.66.